The summed E-state index contributed by atoms with van der Waals surface area (Å²) in [6.45, 7) is 6.27. The van der Waals surface area contributed by atoms with Crippen LogP contribution in [0.2, 0.25) is 5.02 Å². The first-order valence-electron chi connectivity index (χ1n) is 10.9. The van der Waals surface area contributed by atoms with E-state index in [2.05, 4.69) is 9.97 Å². The van der Waals surface area contributed by atoms with Gasteiger partial charge in [-0.1, -0.05) is 60.1 Å². The molecular formula is C26H24ClN5O. The topological polar surface area (TPSA) is 63.9 Å². The van der Waals surface area contributed by atoms with Crippen molar-refractivity contribution in [1.29, 1.82) is 0 Å². The number of benzene rings is 2. The molecule has 4 aromatic rings. The summed E-state index contributed by atoms with van der Waals surface area (Å²) in [5.41, 5.74) is 5.49. The fraction of sp³-hybridized carbons (Fsp3) is 0.231. The average molecular weight is 458 g/mol. The van der Waals surface area contributed by atoms with E-state index in [1.165, 1.54) is 0 Å². The van der Waals surface area contributed by atoms with Crippen molar-refractivity contribution in [2.45, 2.75) is 39.7 Å². The summed E-state index contributed by atoms with van der Waals surface area (Å²) in [5, 5.41) is 5.48. The molecule has 5 rings (SSSR count). The Morgan fingerprint density at radius 1 is 0.970 bits per heavy atom. The third-order valence-electron chi connectivity index (χ3n) is 5.99. The van der Waals surface area contributed by atoms with E-state index in [4.69, 9.17) is 16.7 Å². The molecule has 7 heteroatoms. The first-order chi connectivity index (χ1) is 15.9. The van der Waals surface area contributed by atoms with Gasteiger partial charge in [0.25, 0.3) is 5.95 Å². The molecule has 3 heterocycles. The van der Waals surface area contributed by atoms with Crippen molar-refractivity contribution in [3.05, 3.63) is 99.5 Å². The zero-order valence-electron chi connectivity index (χ0n) is 18.8. The molecule has 0 bridgehead atoms. The predicted octanol–water partition coefficient (Wildman–Crippen LogP) is 5.31. The molecule has 33 heavy (non-hydrogen) atoms. The average Bonchev–Trinajstić information content (AvgIpc) is 3.13. The first-order valence-corrected chi connectivity index (χ1v) is 11.3. The number of hydrogen-bond acceptors (Lipinski definition) is 4. The summed E-state index contributed by atoms with van der Waals surface area (Å²) in [7, 11) is 0. The summed E-state index contributed by atoms with van der Waals surface area (Å²) in [5.74, 6) is 1.000. The lowest BCUT2D eigenvalue weighted by molar-refractivity contribution is -0.119. The second-order valence-corrected chi connectivity index (χ2v) is 8.84. The van der Waals surface area contributed by atoms with Crippen LogP contribution in [0.5, 0.6) is 0 Å². The van der Waals surface area contributed by atoms with Crippen LogP contribution in [0.25, 0.3) is 5.95 Å². The molecular weight excluding hydrogens is 434 g/mol. The quantitative estimate of drug-likeness (QED) is 0.416. The Balaban J connectivity index is 1.73. The van der Waals surface area contributed by atoms with E-state index >= 15 is 0 Å². The Labute approximate surface area is 197 Å². The summed E-state index contributed by atoms with van der Waals surface area (Å²) in [6, 6.07) is 19.6. The molecule has 1 aliphatic rings. The van der Waals surface area contributed by atoms with Crippen molar-refractivity contribution in [2.24, 2.45) is 0 Å². The van der Waals surface area contributed by atoms with E-state index in [9.17, 15) is 4.79 Å². The molecule has 0 fully saturated rings. The minimum Gasteiger partial charge on any atom is -0.292 e. The highest BCUT2D eigenvalue weighted by atomic mass is 35.5. The van der Waals surface area contributed by atoms with Gasteiger partial charge in [0.1, 0.15) is 5.82 Å². The molecule has 1 aliphatic heterocycles. The van der Waals surface area contributed by atoms with Gasteiger partial charge in [-0.15, -0.1) is 0 Å². The van der Waals surface area contributed by atoms with E-state index in [-0.39, 0.29) is 11.8 Å². The van der Waals surface area contributed by atoms with Gasteiger partial charge in [-0.05, 0) is 44.0 Å². The molecule has 0 N–H and O–H groups in total. The van der Waals surface area contributed by atoms with E-state index in [1.807, 2.05) is 81.4 Å². The smallest absolute Gasteiger partial charge is 0.252 e. The zero-order valence-corrected chi connectivity index (χ0v) is 19.5. The molecule has 2 aromatic carbocycles. The number of hydrogen-bond donors (Lipinski definition) is 0. The van der Waals surface area contributed by atoms with Crippen LogP contribution in [0.3, 0.4) is 0 Å². The monoisotopic (exact) mass is 457 g/mol. The maximum atomic E-state index is 13.6. The normalized spacial score (nSPS) is 15.6. The largest absolute Gasteiger partial charge is 0.292 e. The molecule has 0 radical (unpaired) electrons. The van der Waals surface area contributed by atoms with E-state index < -0.39 is 0 Å². The third-order valence-corrected chi connectivity index (χ3v) is 6.33. The molecule has 2 aromatic heterocycles. The molecule has 0 unspecified atom stereocenters. The number of nitrogens with zero attached hydrogens (tertiary/aromatic N) is 5. The fourth-order valence-corrected chi connectivity index (χ4v) is 4.86. The van der Waals surface area contributed by atoms with Gasteiger partial charge in [0.05, 0.1) is 12.2 Å². The maximum Gasteiger partial charge on any atom is 0.252 e. The van der Waals surface area contributed by atoms with Crippen LogP contribution >= 0.6 is 11.6 Å². The second-order valence-electron chi connectivity index (χ2n) is 8.43. The molecule has 0 spiro atoms. The number of carbonyl (C=O) groups is 1. The molecule has 0 saturated carbocycles. The van der Waals surface area contributed by atoms with Gasteiger partial charge in [0.2, 0.25) is 5.91 Å². The van der Waals surface area contributed by atoms with Gasteiger partial charge in [-0.25, -0.2) is 9.97 Å². The number of halogens is 1. The van der Waals surface area contributed by atoms with Gasteiger partial charge >= 0.3 is 0 Å². The fourth-order valence-electron chi connectivity index (χ4n) is 4.59. The standard InChI is InChI=1S/C26H24ClN5O/c1-16-13-17(2)29-26(28-16)32-25-24(18(3)30-32)21(20-11-7-8-12-22(20)27)14-23(33)31(25)15-19-9-5-4-6-10-19/h4-13,21H,14-15H2,1-3H3/t21-/m1/s1. The lowest BCUT2D eigenvalue weighted by Crippen LogP contribution is -2.38. The molecule has 6 nitrogen and oxygen atoms in total. The minimum atomic E-state index is -0.187. The molecule has 166 valence electrons. The third kappa shape index (κ3) is 3.91. The number of aryl methyl sites for hydroxylation is 3. The first kappa shape index (κ1) is 21.3. The van der Waals surface area contributed by atoms with Crippen LogP contribution in [0.1, 0.15) is 46.1 Å². The Morgan fingerprint density at radius 2 is 1.64 bits per heavy atom. The predicted molar refractivity (Wildman–Crippen MR) is 129 cm³/mol. The Kier molecular flexibility index (Phi) is 5.46. The number of fused-ring (bicyclic) bond motifs is 1. The number of amides is 1. The van der Waals surface area contributed by atoms with Gasteiger partial charge in [0, 0.05) is 34.3 Å². The highest BCUT2D eigenvalue weighted by Crippen LogP contribution is 2.44. The van der Waals surface area contributed by atoms with Crippen molar-refractivity contribution in [1.82, 2.24) is 19.7 Å². The highest BCUT2D eigenvalue weighted by molar-refractivity contribution is 6.31. The second kappa shape index (κ2) is 8.45. The van der Waals surface area contributed by atoms with E-state index in [0.717, 1.165) is 33.8 Å². The molecule has 0 aliphatic carbocycles. The number of carbonyl (C=O) groups excluding carboxylic acids is 1. The van der Waals surface area contributed by atoms with Crippen LogP contribution in [0, 0.1) is 20.8 Å². The van der Waals surface area contributed by atoms with E-state index in [1.54, 1.807) is 9.58 Å². The Morgan fingerprint density at radius 3 is 2.33 bits per heavy atom. The number of rotatable bonds is 4. The van der Waals surface area contributed by atoms with Crippen molar-refractivity contribution >= 4 is 23.3 Å². The van der Waals surface area contributed by atoms with Crippen molar-refractivity contribution in [2.75, 3.05) is 4.90 Å². The van der Waals surface area contributed by atoms with Crippen LogP contribution < -0.4 is 4.90 Å². The number of anilines is 1. The van der Waals surface area contributed by atoms with Crippen LogP contribution in [-0.4, -0.2) is 25.7 Å². The van der Waals surface area contributed by atoms with Crippen LogP contribution in [0.4, 0.5) is 5.82 Å². The Bertz CT molecular complexity index is 1330. The molecule has 1 atom stereocenters. The lowest BCUT2D eigenvalue weighted by Gasteiger charge is -2.33. The van der Waals surface area contributed by atoms with Gasteiger partial charge in [0.15, 0.2) is 0 Å². The highest BCUT2D eigenvalue weighted by Gasteiger charge is 2.39. The SMILES string of the molecule is Cc1cc(C)nc(-n2nc(C)c3c2N(Cc2ccccc2)C(=O)C[C@@H]3c2ccccc2Cl)n1. The zero-order chi connectivity index (χ0) is 23.1. The summed E-state index contributed by atoms with van der Waals surface area (Å²) in [6.07, 6.45) is 0.323. The van der Waals surface area contributed by atoms with Crippen molar-refractivity contribution < 1.29 is 4.79 Å². The van der Waals surface area contributed by atoms with Gasteiger partial charge in [-0.2, -0.15) is 9.78 Å². The molecule has 0 saturated heterocycles. The van der Waals surface area contributed by atoms with Crippen LogP contribution in [-0.2, 0) is 11.3 Å². The lowest BCUT2D eigenvalue weighted by atomic mass is 9.85. The molecule has 1 amide bonds. The van der Waals surface area contributed by atoms with E-state index in [0.29, 0.717) is 29.8 Å². The maximum absolute atomic E-state index is 13.6. The summed E-state index contributed by atoms with van der Waals surface area (Å²) >= 11 is 6.58. The van der Waals surface area contributed by atoms with Gasteiger partial charge in [-0.3, -0.25) is 9.69 Å². The summed E-state index contributed by atoms with van der Waals surface area (Å²) < 4.78 is 1.72. The van der Waals surface area contributed by atoms with Crippen molar-refractivity contribution in [3.63, 3.8) is 0 Å². The Hall–Kier alpha value is -3.51. The number of aromatic nitrogens is 4. The minimum absolute atomic E-state index is 0.0156. The van der Waals surface area contributed by atoms with Crippen LogP contribution in [0.15, 0.2) is 60.7 Å². The van der Waals surface area contributed by atoms with Gasteiger partial charge < -0.3 is 0 Å². The summed E-state index contributed by atoms with van der Waals surface area (Å²) in [4.78, 5) is 24.7. The van der Waals surface area contributed by atoms with Crippen molar-refractivity contribution in [3.8, 4) is 5.95 Å².